The number of allylic oxidation sites excluding steroid dienone is 1. The van der Waals surface area contributed by atoms with Gasteiger partial charge in [0.25, 0.3) is 0 Å². The highest BCUT2D eigenvalue weighted by molar-refractivity contribution is 5.14. The molecule has 60 valence electrons. The van der Waals surface area contributed by atoms with Crippen LogP contribution in [0, 0.1) is 22.0 Å². The largest absolute Gasteiger partial charge is 0.259 e. The van der Waals surface area contributed by atoms with E-state index in [0.717, 1.165) is 17.9 Å². The van der Waals surface area contributed by atoms with Crippen molar-refractivity contribution in [3.63, 3.8) is 0 Å². The van der Waals surface area contributed by atoms with Crippen LogP contribution in [0.4, 0.5) is 0 Å². The van der Waals surface area contributed by atoms with Crippen LogP contribution in [0.25, 0.3) is 0 Å². The van der Waals surface area contributed by atoms with Crippen LogP contribution in [0.2, 0.25) is 0 Å². The van der Waals surface area contributed by atoms with Crippen LogP contribution >= 0.6 is 0 Å². The maximum Gasteiger partial charge on any atom is 0.233 e. The van der Waals surface area contributed by atoms with Gasteiger partial charge in [-0.25, -0.2) is 0 Å². The molecular weight excluding hydrogens is 142 g/mol. The highest BCUT2D eigenvalue weighted by Gasteiger charge is 2.36. The molecule has 2 fully saturated rings. The van der Waals surface area contributed by atoms with Crippen molar-refractivity contribution in [1.29, 1.82) is 0 Å². The lowest BCUT2D eigenvalue weighted by Gasteiger charge is -2.09. The quantitative estimate of drug-likeness (QED) is 0.427. The number of hydrogen-bond donors (Lipinski definition) is 0. The van der Waals surface area contributed by atoms with Crippen LogP contribution < -0.4 is 0 Å². The second-order valence-corrected chi connectivity index (χ2v) is 3.57. The van der Waals surface area contributed by atoms with Crippen molar-refractivity contribution >= 4 is 0 Å². The average molecular weight is 153 g/mol. The van der Waals surface area contributed by atoms with Crippen LogP contribution in [-0.4, -0.2) is 4.92 Å². The molecule has 0 aromatic heterocycles. The molecule has 0 aromatic rings. The maximum absolute atomic E-state index is 10.2. The molecule has 2 bridgehead atoms. The van der Waals surface area contributed by atoms with E-state index < -0.39 is 0 Å². The van der Waals surface area contributed by atoms with Gasteiger partial charge in [-0.3, -0.25) is 10.1 Å². The van der Waals surface area contributed by atoms with Gasteiger partial charge in [-0.2, -0.15) is 0 Å². The Labute approximate surface area is 65.2 Å². The third kappa shape index (κ3) is 1.15. The van der Waals surface area contributed by atoms with Gasteiger partial charge in [0.15, 0.2) is 0 Å². The van der Waals surface area contributed by atoms with E-state index in [1.807, 2.05) is 0 Å². The monoisotopic (exact) mass is 153 g/mol. The third-order valence-electron chi connectivity index (χ3n) is 2.86. The molecule has 0 saturated heterocycles. The minimum atomic E-state index is -0.309. The molecule has 0 spiro atoms. The van der Waals surface area contributed by atoms with E-state index in [-0.39, 0.29) is 4.92 Å². The summed E-state index contributed by atoms with van der Waals surface area (Å²) in [5.74, 6) is 1.33. The molecule has 3 nitrogen and oxygen atoms in total. The summed E-state index contributed by atoms with van der Waals surface area (Å²) in [5.41, 5.74) is 1.09. The molecule has 0 radical (unpaired) electrons. The minimum Gasteiger partial charge on any atom is -0.259 e. The van der Waals surface area contributed by atoms with Crippen molar-refractivity contribution in [2.75, 3.05) is 0 Å². The zero-order valence-corrected chi connectivity index (χ0v) is 6.32. The van der Waals surface area contributed by atoms with Crippen molar-refractivity contribution in [1.82, 2.24) is 0 Å². The summed E-state index contributed by atoms with van der Waals surface area (Å²) >= 11 is 0. The van der Waals surface area contributed by atoms with Gasteiger partial charge in [0, 0.05) is 5.57 Å². The van der Waals surface area contributed by atoms with Crippen molar-refractivity contribution in [3.8, 4) is 0 Å². The van der Waals surface area contributed by atoms with Gasteiger partial charge in [0.1, 0.15) is 0 Å². The van der Waals surface area contributed by atoms with Gasteiger partial charge in [0.05, 0.1) is 4.92 Å². The zero-order chi connectivity index (χ0) is 7.84. The average Bonchev–Trinajstić information content (AvgIpc) is 2.45. The van der Waals surface area contributed by atoms with Crippen LogP contribution in [0.1, 0.15) is 25.7 Å². The third-order valence-corrected chi connectivity index (χ3v) is 2.86. The zero-order valence-electron chi connectivity index (χ0n) is 6.32. The molecule has 3 heteroatoms. The van der Waals surface area contributed by atoms with Crippen molar-refractivity contribution < 1.29 is 4.92 Å². The van der Waals surface area contributed by atoms with Crippen LogP contribution in [-0.2, 0) is 0 Å². The van der Waals surface area contributed by atoms with Gasteiger partial charge < -0.3 is 0 Å². The lowest BCUT2D eigenvalue weighted by atomic mass is 9.96. The van der Waals surface area contributed by atoms with E-state index in [1.165, 1.54) is 25.5 Å². The summed E-state index contributed by atoms with van der Waals surface area (Å²) in [6, 6.07) is 0. The van der Waals surface area contributed by atoms with Crippen LogP contribution in [0.5, 0.6) is 0 Å². The Morgan fingerprint density at radius 3 is 2.82 bits per heavy atom. The summed E-state index contributed by atoms with van der Waals surface area (Å²) in [6.07, 6.45) is 5.90. The summed E-state index contributed by atoms with van der Waals surface area (Å²) in [6.45, 7) is 0. The van der Waals surface area contributed by atoms with Gasteiger partial charge in [-0.15, -0.1) is 0 Å². The number of fused-ring (bicyclic) bond motifs is 2. The fourth-order valence-electron chi connectivity index (χ4n) is 2.39. The maximum atomic E-state index is 10.2. The van der Waals surface area contributed by atoms with E-state index in [1.54, 1.807) is 0 Å². The van der Waals surface area contributed by atoms with Gasteiger partial charge in [0.2, 0.25) is 6.20 Å². The SMILES string of the molecule is O=[N+]([O-])C=C1CC2CCC1C2. The lowest BCUT2D eigenvalue weighted by molar-refractivity contribution is -0.403. The molecule has 2 unspecified atom stereocenters. The van der Waals surface area contributed by atoms with Crippen LogP contribution in [0.3, 0.4) is 0 Å². The Morgan fingerprint density at radius 2 is 2.36 bits per heavy atom. The first-order valence-corrected chi connectivity index (χ1v) is 4.10. The number of nitro groups is 1. The van der Waals surface area contributed by atoms with E-state index >= 15 is 0 Å². The van der Waals surface area contributed by atoms with E-state index in [2.05, 4.69) is 0 Å². The Kier molecular flexibility index (Phi) is 1.44. The fourth-order valence-corrected chi connectivity index (χ4v) is 2.39. The molecule has 2 aliphatic rings. The minimum absolute atomic E-state index is 0.309. The van der Waals surface area contributed by atoms with E-state index in [0.29, 0.717) is 5.92 Å². The molecule has 2 atom stereocenters. The van der Waals surface area contributed by atoms with Crippen molar-refractivity contribution in [2.24, 2.45) is 11.8 Å². The standard InChI is InChI=1S/C8H11NO2/c10-9(11)5-8-4-6-1-2-7(8)3-6/h5-7H,1-4H2. The Balaban J connectivity index is 2.13. The molecule has 11 heavy (non-hydrogen) atoms. The number of nitrogens with zero attached hydrogens (tertiary/aromatic N) is 1. The summed E-state index contributed by atoms with van der Waals surface area (Å²) in [7, 11) is 0. The molecule has 2 saturated carbocycles. The first-order chi connectivity index (χ1) is 5.25. The van der Waals surface area contributed by atoms with Gasteiger partial charge in [-0.1, -0.05) is 0 Å². The molecule has 2 aliphatic carbocycles. The Hall–Kier alpha value is -0.860. The lowest BCUT2D eigenvalue weighted by Crippen LogP contribution is -2.00. The molecular formula is C8H11NO2. The highest BCUT2D eigenvalue weighted by atomic mass is 16.6. The Bertz CT molecular complexity index is 222. The van der Waals surface area contributed by atoms with Crippen LogP contribution in [0.15, 0.2) is 11.8 Å². The molecule has 0 aliphatic heterocycles. The molecule has 0 amide bonds. The normalized spacial score (nSPS) is 38.4. The molecule has 0 aromatic carbocycles. The van der Waals surface area contributed by atoms with E-state index in [4.69, 9.17) is 0 Å². The topological polar surface area (TPSA) is 43.1 Å². The molecule has 0 N–H and O–H groups in total. The summed E-state index contributed by atoms with van der Waals surface area (Å²) < 4.78 is 0. The first-order valence-electron chi connectivity index (χ1n) is 4.10. The van der Waals surface area contributed by atoms with Gasteiger partial charge >= 0.3 is 0 Å². The van der Waals surface area contributed by atoms with Crippen molar-refractivity contribution in [3.05, 3.63) is 21.9 Å². The summed E-state index contributed by atoms with van der Waals surface area (Å²) in [4.78, 5) is 9.85. The smallest absolute Gasteiger partial charge is 0.233 e. The molecule has 2 rings (SSSR count). The summed E-state index contributed by atoms with van der Waals surface area (Å²) in [5, 5.41) is 10.2. The predicted molar refractivity (Wildman–Crippen MR) is 40.5 cm³/mol. The van der Waals surface area contributed by atoms with Crippen molar-refractivity contribution in [2.45, 2.75) is 25.7 Å². The predicted octanol–water partition coefficient (Wildman–Crippen LogP) is 1.97. The Morgan fingerprint density at radius 1 is 1.55 bits per heavy atom. The second kappa shape index (κ2) is 2.32. The first kappa shape index (κ1) is 6.83. The fraction of sp³-hybridized carbons (Fsp3) is 0.750. The number of rotatable bonds is 1. The van der Waals surface area contributed by atoms with Gasteiger partial charge in [-0.05, 0) is 37.5 Å². The number of hydrogen-bond acceptors (Lipinski definition) is 2. The highest BCUT2D eigenvalue weighted by Crippen LogP contribution is 2.47. The van der Waals surface area contributed by atoms with E-state index in [9.17, 15) is 10.1 Å². The second-order valence-electron chi connectivity index (χ2n) is 3.57. The molecule has 0 heterocycles.